The molecule has 5 nitrogen and oxygen atoms in total. The van der Waals surface area contributed by atoms with Gasteiger partial charge in [0.1, 0.15) is 28.1 Å². The predicted molar refractivity (Wildman–Crippen MR) is 99.8 cm³/mol. The first-order valence-electron chi connectivity index (χ1n) is 8.60. The topological polar surface area (TPSA) is 74.3 Å². The number of hydrogen-bond acceptors (Lipinski definition) is 5. The first kappa shape index (κ1) is 24.0. The summed E-state index contributed by atoms with van der Waals surface area (Å²) in [5, 5.41) is 0. The van der Waals surface area contributed by atoms with Crippen LogP contribution in [0.15, 0.2) is 36.5 Å². The number of pyridine rings is 1. The third-order valence-electron chi connectivity index (χ3n) is 4.03. The van der Waals surface area contributed by atoms with Crippen LogP contribution in [0.1, 0.15) is 38.4 Å². The number of halogens is 5. The number of carbonyl (C=O) groups excluding carboxylic acids is 1. The summed E-state index contributed by atoms with van der Waals surface area (Å²) in [4.78, 5) is 15.4. The molecule has 0 aliphatic carbocycles. The first-order chi connectivity index (χ1) is 13.8. The van der Waals surface area contributed by atoms with E-state index in [0.29, 0.717) is 18.4 Å². The molecular formula is C19H19F5N2O3S. The minimum atomic E-state index is -5.12. The van der Waals surface area contributed by atoms with Crippen molar-refractivity contribution in [2.24, 2.45) is 0 Å². The Balaban J connectivity index is 2.70. The van der Waals surface area contributed by atoms with Gasteiger partial charge in [-0.15, -0.1) is 17.9 Å². The van der Waals surface area contributed by atoms with Crippen molar-refractivity contribution in [2.75, 3.05) is 0 Å². The van der Waals surface area contributed by atoms with Gasteiger partial charge in [0.15, 0.2) is 11.6 Å². The molecule has 0 saturated carbocycles. The van der Waals surface area contributed by atoms with E-state index in [4.69, 9.17) is 0 Å². The van der Waals surface area contributed by atoms with Gasteiger partial charge >= 0.3 is 6.36 Å². The van der Waals surface area contributed by atoms with Crippen molar-refractivity contribution in [2.45, 2.75) is 43.8 Å². The largest absolute Gasteiger partial charge is 0.598 e. The van der Waals surface area contributed by atoms with Gasteiger partial charge in [0.2, 0.25) is 0 Å². The first-order valence-corrected chi connectivity index (χ1v) is 9.75. The number of carbonyl (C=O) groups is 1. The lowest BCUT2D eigenvalue weighted by atomic mass is 9.84. The molecule has 1 heterocycles. The molecule has 0 spiro atoms. The molecule has 0 bridgehead atoms. The Morgan fingerprint density at radius 1 is 1.17 bits per heavy atom. The van der Waals surface area contributed by atoms with E-state index in [2.05, 4.69) is 14.4 Å². The number of aldehydes is 1. The molecular weight excluding hydrogens is 431 g/mol. The van der Waals surface area contributed by atoms with Crippen molar-refractivity contribution in [3.05, 3.63) is 59.4 Å². The quantitative estimate of drug-likeness (QED) is 0.390. The number of rotatable bonds is 7. The minimum Gasteiger partial charge on any atom is -0.598 e. The summed E-state index contributed by atoms with van der Waals surface area (Å²) in [6.07, 6.45) is -4.04. The fourth-order valence-corrected chi connectivity index (χ4v) is 3.53. The van der Waals surface area contributed by atoms with E-state index in [1.54, 1.807) is 20.8 Å². The summed E-state index contributed by atoms with van der Waals surface area (Å²) < 4.78 is 84.6. The third-order valence-corrected chi connectivity index (χ3v) is 5.67. The highest BCUT2D eigenvalue weighted by Crippen LogP contribution is 2.37. The number of benzene rings is 1. The molecule has 0 aliphatic rings. The average Bonchev–Trinajstić information content (AvgIpc) is 2.61. The Morgan fingerprint density at radius 3 is 2.33 bits per heavy atom. The molecule has 0 fully saturated rings. The van der Waals surface area contributed by atoms with Gasteiger partial charge in [0, 0.05) is 24.0 Å². The van der Waals surface area contributed by atoms with Crippen LogP contribution >= 0.6 is 0 Å². The van der Waals surface area contributed by atoms with Gasteiger partial charge in [-0.05, 0) is 50.6 Å². The summed E-state index contributed by atoms with van der Waals surface area (Å²) in [5.41, 5.74) is -2.43. The number of nitrogens with zero attached hydrogens (tertiary/aromatic N) is 1. The van der Waals surface area contributed by atoms with Crippen LogP contribution < -0.4 is 9.46 Å². The Hall–Kier alpha value is -2.24. The maximum absolute atomic E-state index is 14.7. The van der Waals surface area contributed by atoms with Gasteiger partial charge in [0.25, 0.3) is 0 Å². The SMILES string of the molecule is CC(C)(C)[S@@+]([O-])N[C@@](CC=O)(c1ccc(OC(F)(F)F)c(F)c1)c1ncccc1F. The number of ether oxygens (including phenoxy) is 1. The normalized spacial score (nSPS) is 15.4. The lowest BCUT2D eigenvalue weighted by Gasteiger charge is -2.36. The second-order valence-corrected chi connectivity index (χ2v) is 9.25. The molecule has 0 radical (unpaired) electrons. The highest BCUT2D eigenvalue weighted by Gasteiger charge is 2.45. The second-order valence-electron chi connectivity index (χ2n) is 7.29. The number of aromatic nitrogens is 1. The van der Waals surface area contributed by atoms with Gasteiger partial charge in [-0.3, -0.25) is 4.98 Å². The maximum Gasteiger partial charge on any atom is 0.573 e. The lowest BCUT2D eigenvalue weighted by molar-refractivity contribution is -0.275. The Bertz CT molecular complexity index is 904. The molecule has 1 aromatic heterocycles. The molecule has 2 rings (SSSR count). The van der Waals surface area contributed by atoms with Crippen molar-refractivity contribution >= 4 is 17.6 Å². The van der Waals surface area contributed by atoms with Crippen molar-refractivity contribution in [3.63, 3.8) is 0 Å². The Kier molecular flexibility index (Phi) is 7.10. The van der Waals surface area contributed by atoms with Crippen LogP contribution in [0, 0.1) is 11.6 Å². The lowest BCUT2D eigenvalue weighted by Crippen LogP contribution is -2.53. The zero-order chi connectivity index (χ0) is 22.7. The Labute approximate surface area is 173 Å². The van der Waals surface area contributed by atoms with Crippen LogP contribution in [0.25, 0.3) is 0 Å². The highest BCUT2D eigenvalue weighted by atomic mass is 32.2. The molecule has 1 aromatic carbocycles. The van der Waals surface area contributed by atoms with Crippen LogP contribution in [-0.2, 0) is 21.7 Å². The molecule has 11 heteroatoms. The minimum absolute atomic E-state index is 0.156. The van der Waals surface area contributed by atoms with Crippen molar-refractivity contribution < 1.29 is 36.0 Å². The molecule has 164 valence electrons. The van der Waals surface area contributed by atoms with E-state index in [9.17, 15) is 31.3 Å². The third kappa shape index (κ3) is 5.46. The molecule has 0 amide bonds. The Morgan fingerprint density at radius 2 is 1.83 bits per heavy atom. The average molecular weight is 450 g/mol. The van der Waals surface area contributed by atoms with Crippen LogP contribution in [0.5, 0.6) is 5.75 Å². The fourth-order valence-electron chi connectivity index (χ4n) is 2.61. The monoisotopic (exact) mass is 450 g/mol. The number of alkyl halides is 3. The summed E-state index contributed by atoms with van der Waals surface area (Å²) >= 11 is -1.89. The van der Waals surface area contributed by atoms with Crippen LogP contribution in [0.3, 0.4) is 0 Å². The smallest absolute Gasteiger partial charge is 0.573 e. The molecule has 0 saturated heterocycles. The van der Waals surface area contributed by atoms with Crippen molar-refractivity contribution in [1.29, 1.82) is 0 Å². The van der Waals surface area contributed by atoms with E-state index in [-0.39, 0.29) is 11.3 Å². The molecule has 1 N–H and O–H groups in total. The van der Waals surface area contributed by atoms with E-state index < -0.39 is 51.8 Å². The van der Waals surface area contributed by atoms with Gasteiger partial charge in [-0.1, -0.05) is 6.07 Å². The zero-order valence-corrected chi connectivity index (χ0v) is 17.0. The highest BCUT2D eigenvalue weighted by molar-refractivity contribution is 7.90. The number of hydrogen-bond donors (Lipinski definition) is 1. The zero-order valence-electron chi connectivity index (χ0n) is 16.2. The predicted octanol–water partition coefficient (Wildman–Crippen LogP) is 4.14. The standard InChI is InChI=1S/C19H19F5N2O3S/c1-17(2,3)30(28)26-18(8-10-27,16-13(20)5-4-9-25-16)12-6-7-15(14(21)11-12)29-19(22,23)24/h4-7,9-11,26H,8H2,1-3H3/t18-,30+/m0/s1. The van der Waals surface area contributed by atoms with Crippen LogP contribution in [-0.4, -0.2) is 26.9 Å². The van der Waals surface area contributed by atoms with Gasteiger partial charge in [-0.25, -0.2) is 8.78 Å². The van der Waals surface area contributed by atoms with E-state index >= 15 is 0 Å². The summed E-state index contributed by atoms with van der Waals surface area (Å²) in [5.74, 6) is -3.39. The van der Waals surface area contributed by atoms with Gasteiger partial charge in [-0.2, -0.15) is 0 Å². The molecule has 0 aliphatic heterocycles. The molecule has 30 heavy (non-hydrogen) atoms. The summed E-state index contributed by atoms with van der Waals surface area (Å²) in [6, 6.07) is 4.70. The van der Waals surface area contributed by atoms with Gasteiger partial charge < -0.3 is 14.1 Å². The molecule has 2 aromatic rings. The maximum atomic E-state index is 14.7. The summed E-state index contributed by atoms with van der Waals surface area (Å²) in [6.45, 7) is 4.83. The molecule has 0 unspecified atom stereocenters. The second kappa shape index (κ2) is 8.86. The van der Waals surface area contributed by atoms with Crippen molar-refractivity contribution in [3.8, 4) is 5.75 Å². The summed E-state index contributed by atoms with van der Waals surface area (Å²) in [7, 11) is 0. The van der Waals surface area contributed by atoms with Crippen molar-refractivity contribution in [1.82, 2.24) is 9.71 Å². The van der Waals surface area contributed by atoms with Gasteiger partial charge in [0.05, 0.1) is 0 Å². The van der Waals surface area contributed by atoms with E-state index in [0.717, 1.165) is 12.1 Å². The number of nitrogens with one attached hydrogen (secondary N) is 1. The molecule has 2 atom stereocenters. The van der Waals surface area contributed by atoms with E-state index in [1.165, 1.54) is 12.3 Å². The van der Waals surface area contributed by atoms with Crippen LogP contribution in [0.2, 0.25) is 0 Å². The fraction of sp³-hybridized carbons (Fsp3) is 0.368. The van der Waals surface area contributed by atoms with Crippen LogP contribution in [0.4, 0.5) is 22.0 Å². The van der Waals surface area contributed by atoms with E-state index in [1.807, 2.05) is 0 Å².